The van der Waals surface area contributed by atoms with Gasteiger partial charge in [-0.3, -0.25) is 9.48 Å². The van der Waals surface area contributed by atoms with Gasteiger partial charge in [-0.05, 0) is 24.6 Å². The third kappa shape index (κ3) is 2.97. The summed E-state index contributed by atoms with van der Waals surface area (Å²) in [7, 11) is 1.77. The maximum absolute atomic E-state index is 12.0. The molecule has 106 valence electrons. The number of nitrogen functional groups attached to an aromatic ring is 1. The molecule has 2 aromatic rings. The Morgan fingerprint density at radius 3 is 2.65 bits per heavy atom. The second kappa shape index (κ2) is 5.75. The molecule has 1 heterocycles. The molecule has 0 bridgehead atoms. The summed E-state index contributed by atoms with van der Waals surface area (Å²) in [6.07, 6.45) is 0.747. The molecule has 1 unspecified atom stereocenters. The van der Waals surface area contributed by atoms with E-state index in [0.717, 1.165) is 5.69 Å². The number of hydrogen-bond acceptors (Lipinski definition) is 4. The van der Waals surface area contributed by atoms with Gasteiger partial charge in [0.1, 0.15) is 0 Å². The van der Waals surface area contributed by atoms with E-state index in [-0.39, 0.29) is 12.5 Å². The topological polar surface area (TPSA) is 93.2 Å². The van der Waals surface area contributed by atoms with E-state index in [9.17, 15) is 9.90 Å². The first-order chi connectivity index (χ1) is 9.49. The van der Waals surface area contributed by atoms with Crippen molar-refractivity contribution in [2.75, 3.05) is 12.3 Å². The minimum Gasteiger partial charge on any atom is -0.399 e. The van der Waals surface area contributed by atoms with Gasteiger partial charge in [0.05, 0.1) is 17.9 Å². The van der Waals surface area contributed by atoms with Crippen molar-refractivity contribution in [3.05, 3.63) is 47.3 Å². The minimum absolute atomic E-state index is 0.136. The third-order valence-electron chi connectivity index (χ3n) is 3.26. The number of hydrogen-bond donors (Lipinski definition) is 3. The van der Waals surface area contributed by atoms with Gasteiger partial charge in [0.15, 0.2) is 0 Å². The molecule has 0 saturated heterocycles. The van der Waals surface area contributed by atoms with Gasteiger partial charge in [-0.2, -0.15) is 5.10 Å². The van der Waals surface area contributed by atoms with Crippen molar-refractivity contribution in [1.29, 1.82) is 0 Å². The number of nitrogens with two attached hydrogens (primary N) is 1. The van der Waals surface area contributed by atoms with E-state index in [1.54, 1.807) is 36.0 Å². The molecular weight excluding hydrogens is 256 g/mol. The number of aliphatic hydroxyl groups is 1. The Labute approximate surface area is 117 Å². The molecule has 0 aliphatic heterocycles. The fourth-order valence-corrected chi connectivity index (χ4v) is 1.84. The van der Waals surface area contributed by atoms with Gasteiger partial charge in [0.2, 0.25) is 0 Å². The number of nitrogens with zero attached hydrogens (tertiary/aromatic N) is 2. The monoisotopic (exact) mass is 274 g/mol. The quantitative estimate of drug-likeness (QED) is 0.718. The molecule has 0 fully saturated rings. The van der Waals surface area contributed by atoms with E-state index in [1.807, 2.05) is 6.92 Å². The van der Waals surface area contributed by atoms with Crippen molar-refractivity contribution < 1.29 is 9.90 Å². The summed E-state index contributed by atoms with van der Waals surface area (Å²) in [5, 5.41) is 16.7. The molecule has 0 aliphatic carbocycles. The number of anilines is 1. The average molecular weight is 274 g/mol. The predicted molar refractivity (Wildman–Crippen MR) is 76.1 cm³/mol. The second-order valence-electron chi connectivity index (χ2n) is 4.66. The summed E-state index contributed by atoms with van der Waals surface area (Å²) < 4.78 is 1.63. The average Bonchev–Trinajstić information content (AvgIpc) is 2.77. The van der Waals surface area contributed by atoms with Crippen LogP contribution in [0.2, 0.25) is 0 Å². The maximum atomic E-state index is 12.0. The van der Waals surface area contributed by atoms with Crippen LogP contribution in [0.4, 0.5) is 5.69 Å². The lowest BCUT2D eigenvalue weighted by Gasteiger charge is -2.12. The molecule has 1 aromatic carbocycles. The number of nitrogens with one attached hydrogen (secondary N) is 1. The van der Waals surface area contributed by atoms with Gasteiger partial charge in [0.25, 0.3) is 5.91 Å². The number of rotatable bonds is 4. The predicted octanol–water partition coefficient (Wildman–Crippen LogP) is 0.774. The Balaban J connectivity index is 1.96. The Bertz CT molecular complexity index is 604. The van der Waals surface area contributed by atoms with Crippen molar-refractivity contribution >= 4 is 11.6 Å². The molecular formula is C14H18N4O2. The van der Waals surface area contributed by atoms with Crippen LogP contribution in [0.5, 0.6) is 0 Å². The molecule has 0 aliphatic rings. The molecule has 1 aromatic heterocycles. The molecule has 1 amide bonds. The molecule has 0 saturated carbocycles. The smallest absolute Gasteiger partial charge is 0.254 e. The molecule has 4 N–H and O–H groups in total. The summed E-state index contributed by atoms with van der Waals surface area (Å²) in [6, 6.07) is 6.90. The zero-order valence-corrected chi connectivity index (χ0v) is 11.5. The minimum atomic E-state index is -0.767. The number of carbonyl (C=O) groups is 1. The lowest BCUT2D eigenvalue weighted by atomic mass is 10.1. The summed E-state index contributed by atoms with van der Waals surface area (Å²) in [5.41, 5.74) is 8.22. The fourth-order valence-electron chi connectivity index (χ4n) is 1.84. The van der Waals surface area contributed by atoms with Crippen molar-refractivity contribution in [1.82, 2.24) is 15.1 Å². The number of amides is 1. The van der Waals surface area contributed by atoms with Crippen molar-refractivity contribution in [3.8, 4) is 0 Å². The molecule has 6 nitrogen and oxygen atoms in total. The van der Waals surface area contributed by atoms with Gasteiger partial charge in [-0.15, -0.1) is 0 Å². The fraction of sp³-hybridized carbons (Fsp3) is 0.286. The van der Waals surface area contributed by atoms with Crippen LogP contribution in [0.15, 0.2) is 30.5 Å². The highest BCUT2D eigenvalue weighted by atomic mass is 16.3. The van der Waals surface area contributed by atoms with Gasteiger partial charge in [-0.25, -0.2) is 0 Å². The Hall–Kier alpha value is -2.34. The second-order valence-corrected chi connectivity index (χ2v) is 4.66. The Morgan fingerprint density at radius 1 is 1.45 bits per heavy atom. The standard InChI is InChI=1S/C14H18N4O2/c1-9-12(7-17-18(9)2)14(20)16-8-13(19)10-3-5-11(15)6-4-10/h3-7,13,19H,8,15H2,1-2H3,(H,16,20). The van der Waals surface area contributed by atoms with Crippen LogP contribution in [0.3, 0.4) is 0 Å². The van der Waals surface area contributed by atoms with Crippen LogP contribution in [0.25, 0.3) is 0 Å². The van der Waals surface area contributed by atoms with Gasteiger partial charge >= 0.3 is 0 Å². The third-order valence-corrected chi connectivity index (χ3v) is 3.26. The normalized spacial score (nSPS) is 12.2. The number of carbonyl (C=O) groups excluding carboxylic acids is 1. The van der Waals surface area contributed by atoms with Crippen LogP contribution >= 0.6 is 0 Å². The molecule has 1 atom stereocenters. The SMILES string of the molecule is Cc1c(C(=O)NCC(O)c2ccc(N)cc2)cnn1C. The van der Waals surface area contributed by atoms with Crippen molar-refractivity contribution in [2.45, 2.75) is 13.0 Å². The molecule has 0 spiro atoms. The van der Waals surface area contributed by atoms with Crippen LogP contribution < -0.4 is 11.1 Å². The van der Waals surface area contributed by atoms with E-state index in [0.29, 0.717) is 16.8 Å². The maximum Gasteiger partial charge on any atom is 0.254 e. The summed E-state index contributed by atoms with van der Waals surface area (Å²) in [5.74, 6) is -0.245. The van der Waals surface area contributed by atoms with Gasteiger partial charge in [0, 0.05) is 25.0 Å². The lowest BCUT2D eigenvalue weighted by molar-refractivity contribution is 0.0915. The van der Waals surface area contributed by atoms with Crippen molar-refractivity contribution in [2.24, 2.45) is 7.05 Å². The highest BCUT2D eigenvalue weighted by Gasteiger charge is 2.14. The largest absolute Gasteiger partial charge is 0.399 e. The first-order valence-electron chi connectivity index (χ1n) is 6.29. The molecule has 6 heteroatoms. The number of benzene rings is 1. The van der Waals surface area contributed by atoms with Crippen LogP contribution in [0.1, 0.15) is 27.7 Å². The summed E-state index contributed by atoms with van der Waals surface area (Å²) >= 11 is 0. The first kappa shape index (κ1) is 14.1. The lowest BCUT2D eigenvalue weighted by Crippen LogP contribution is -2.28. The molecule has 0 radical (unpaired) electrons. The number of aryl methyl sites for hydroxylation is 1. The van der Waals surface area contributed by atoms with E-state index < -0.39 is 6.10 Å². The van der Waals surface area contributed by atoms with Gasteiger partial charge < -0.3 is 16.2 Å². The van der Waals surface area contributed by atoms with E-state index in [2.05, 4.69) is 10.4 Å². The van der Waals surface area contributed by atoms with Crippen LogP contribution in [-0.2, 0) is 7.05 Å². The molecule has 2 rings (SSSR count). The summed E-state index contributed by atoms with van der Waals surface area (Å²) in [4.78, 5) is 12.0. The van der Waals surface area contributed by atoms with Crippen LogP contribution in [0, 0.1) is 6.92 Å². The number of aliphatic hydroxyl groups excluding tert-OH is 1. The van der Waals surface area contributed by atoms with E-state index in [1.165, 1.54) is 6.20 Å². The summed E-state index contributed by atoms with van der Waals surface area (Å²) in [6.45, 7) is 1.95. The first-order valence-corrected chi connectivity index (χ1v) is 6.29. The number of aromatic nitrogens is 2. The molecule has 20 heavy (non-hydrogen) atoms. The highest BCUT2D eigenvalue weighted by molar-refractivity contribution is 5.95. The Kier molecular flexibility index (Phi) is 4.05. The van der Waals surface area contributed by atoms with Crippen molar-refractivity contribution in [3.63, 3.8) is 0 Å². The van der Waals surface area contributed by atoms with Gasteiger partial charge in [-0.1, -0.05) is 12.1 Å². The zero-order valence-electron chi connectivity index (χ0n) is 11.5. The van der Waals surface area contributed by atoms with E-state index in [4.69, 9.17) is 5.73 Å². The van der Waals surface area contributed by atoms with Crippen LogP contribution in [-0.4, -0.2) is 27.3 Å². The van der Waals surface area contributed by atoms with E-state index >= 15 is 0 Å². The Morgan fingerprint density at radius 2 is 2.10 bits per heavy atom. The zero-order chi connectivity index (χ0) is 14.7. The highest BCUT2D eigenvalue weighted by Crippen LogP contribution is 2.14.